The molecule has 0 bridgehead atoms. The molecule has 1 heteroatoms. The summed E-state index contributed by atoms with van der Waals surface area (Å²) in [5.74, 6) is 0.709. The van der Waals surface area contributed by atoms with Gasteiger partial charge in [-0.1, -0.05) is 49.6 Å². The fraction of sp³-hybridized carbons (Fsp3) is 0.500. The first-order valence-electron chi connectivity index (χ1n) is 5.92. The van der Waals surface area contributed by atoms with E-state index in [4.69, 9.17) is 0 Å². The molecule has 1 fully saturated rings. The predicted octanol–water partition coefficient (Wildman–Crippen LogP) is 3.55. The highest BCUT2D eigenvalue weighted by Crippen LogP contribution is 2.35. The Morgan fingerprint density at radius 2 is 1.73 bits per heavy atom. The van der Waals surface area contributed by atoms with Crippen molar-refractivity contribution in [3.63, 3.8) is 0 Å². The number of hydrogen-bond acceptors (Lipinski definition) is 1. The molecule has 0 spiro atoms. The van der Waals surface area contributed by atoms with Crippen molar-refractivity contribution in [3.8, 4) is 0 Å². The number of benzene rings is 1. The minimum Gasteiger partial charge on any atom is -0.303 e. The van der Waals surface area contributed by atoms with Crippen LogP contribution in [-0.2, 0) is 4.79 Å². The number of rotatable bonds is 2. The molecule has 15 heavy (non-hydrogen) atoms. The van der Waals surface area contributed by atoms with Crippen molar-refractivity contribution in [3.05, 3.63) is 35.9 Å². The Balaban J connectivity index is 2.20. The van der Waals surface area contributed by atoms with Crippen LogP contribution in [0.15, 0.2) is 30.3 Å². The van der Waals surface area contributed by atoms with Gasteiger partial charge in [0.2, 0.25) is 0 Å². The molecule has 0 N–H and O–H groups in total. The molecule has 0 heterocycles. The summed E-state index contributed by atoms with van der Waals surface area (Å²) >= 11 is 0. The summed E-state index contributed by atoms with van der Waals surface area (Å²) < 4.78 is 0. The van der Waals surface area contributed by atoms with Crippen LogP contribution in [0.4, 0.5) is 0 Å². The van der Waals surface area contributed by atoms with E-state index in [1.807, 2.05) is 6.07 Å². The van der Waals surface area contributed by atoms with E-state index in [1.54, 1.807) is 0 Å². The Hall–Kier alpha value is -1.11. The van der Waals surface area contributed by atoms with Gasteiger partial charge in [0.1, 0.15) is 6.29 Å². The normalized spacial score (nSPS) is 26.9. The summed E-state index contributed by atoms with van der Waals surface area (Å²) in [5, 5.41) is 0. The van der Waals surface area contributed by atoms with Crippen molar-refractivity contribution in [1.82, 2.24) is 0 Å². The highest BCUT2D eigenvalue weighted by atomic mass is 16.1. The summed E-state index contributed by atoms with van der Waals surface area (Å²) in [6.45, 7) is 0. The number of aldehydes is 1. The lowest BCUT2D eigenvalue weighted by molar-refractivity contribution is -0.111. The lowest BCUT2D eigenvalue weighted by atomic mass is 9.83. The second-order valence-electron chi connectivity index (χ2n) is 4.46. The van der Waals surface area contributed by atoms with Crippen LogP contribution in [0, 0.1) is 5.92 Å². The van der Waals surface area contributed by atoms with Crippen molar-refractivity contribution < 1.29 is 4.79 Å². The number of carbonyl (C=O) groups excluding carboxylic acids is 1. The molecule has 0 radical (unpaired) electrons. The Morgan fingerprint density at radius 1 is 1.00 bits per heavy atom. The van der Waals surface area contributed by atoms with E-state index in [0.29, 0.717) is 5.92 Å². The predicted molar refractivity (Wildman–Crippen MR) is 61.8 cm³/mol. The molecule has 2 rings (SSSR count). The van der Waals surface area contributed by atoms with E-state index < -0.39 is 0 Å². The van der Waals surface area contributed by atoms with Gasteiger partial charge < -0.3 is 4.79 Å². The van der Waals surface area contributed by atoms with Crippen molar-refractivity contribution >= 4 is 6.29 Å². The van der Waals surface area contributed by atoms with Crippen LogP contribution in [0.25, 0.3) is 0 Å². The molecule has 1 aromatic rings. The van der Waals surface area contributed by atoms with Gasteiger partial charge in [-0.05, 0) is 24.3 Å². The topological polar surface area (TPSA) is 17.1 Å². The van der Waals surface area contributed by atoms with Gasteiger partial charge in [-0.15, -0.1) is 0 Å². The zero-order chi connectivity index (χ0) is 10.5. The molecule has 0 aliphatic heterocycles. The Labute approximate surface area is 91.5 Å². The third-order valence-corrected chi connectivity index (χ3v) is 3.47. The molecule has 80 valence electrons. The largest absolute Gasteiger partial charge is 0.303 e. The second-order valence-corrected chi connectivity index (χ2v) is 4.46. The smallest absolute Gasteiger partial charge is 0.123 e. The third-order valence-electron chi connectivity index (χ3n) is 3.47. The van der Waals surface area contributed by atoms with Crippen LogP contribution in [0.1, 0.15) is 43.6 Å². The van der Waals surface area contributed by atoms with Gasteiger partial charge in [-0.25, -0.2) is 0 Å². The maximum atomic E-state index is 11.1. The molecule has 1 aromatic carbocycles. The van der Waals surface area contributed by atoms with Crippen LogP contribution in [0.5, 0.6) is 0 Å². The summed E-state index contributed by atoms with van der Waals surface area (Å²) in [5.41, 5.74) is 1.34. The van der Waals surface area contributed by atoms with Crippen LogP contribution in [0.3, 0.4) is 0 Å². The maximum absolute atomic E-state index is 11.1. The van der Waals surface area contributed by atoms with E-state index in [2.05, 4.69) is 24.3 Å². The summed E-state index contributed by atoms with van der Waals surface area (Å²) in [6, 6.07) is 10.5. The van der Waals surface area contributed by atoms with Gasteiger partial charge in [-0.2, -0.15) is 0 Å². The highest BCUT2D eigenvalue weighted by Gasteiger charge is 2.24. The maximum Gasteiger partial charge on any atom is 0.123 e. The van der Waals surface area contributed by atoms with Crippen molar-refractivity contribution in [2.45, 2.75) is 38.0 Å². The molecule has 2 unspecified atom stereocenters. The molecule has 0 amide bonds. The lowest BCUT2D eigenvalue weighted by Gasteiger charge is -2.20. The van der Waals surface area contributed by atoms with E-state index in [9.17, 15) is 4.79 Å². The molecule has 2 atom stereocenters. The summed E-state index contributed by atoms with van der Waals surface area (Å²) in [7, 11) is 0. The minimum atomic E-state index is 0.245. The minimum absolute atomic E-state index is 0.245. The summed E-state index contributed by atoms with van der Waals surface area (Å²) in [4.78, 5) is 11.1. The average molecular weight is 202 g/mol. The Morgan fingerprint density at radius 3 is 2.47 bits per heavy atom. The van der Waals surface area contributed by atoms with Crippen LogP contribution < -0.4 is 0 Å². The van der Waals surface area contributed by atoms with Gasteiger partial charge in [0.25, 0.3) is 0 Å². The van der Waals surface area contributed by atoms with Gasteiger partial charge in [0.05, 0.1) is 0 Å². The number of hydrogen-bond donors (Lipinski definition) is 0. The van der Waals surface area contributed by atoms with Gasteiger partial charge >= 0.3 is 0 Å². The first-order chi connectivity index (χ1) is 7.42. The first kappa shape index (κ1) is 10.4. The fourth-order valence-electron chi connectivity index (χ4n) is 2.61. The zero-order valence-electron chi connectivity index (χ0n) is 9.06. The monoisotopic (exact) mass is 202 g/mol. The number of carbonyl (C=O) groups is 1. The quantitative estimate of drug-likeness (QED) is 0.529. The van der Waals surface area contributed by atoms with Crippen LogP contribution in [-0.4, -0.2) is 6.29 Å². The Bertz CT molecular complexity index is 304. The molecule has 0 saturated heterocycles. The SMILES string of the molecule is O=CC1CCCCCC1c1ccccc1. The van der Waals surface area contributed by atoms with E-state index >= 15 is 0 Å². The third kappa shape index (κ3) is 2.47. The van der Waals surface area contributed by atoms with Crippen molar-refractivity contribution in [1.29, 1.82) is 0 Å². The van der Waals surface area contributed by atoms with Gasteiger partial charge in [-0.3, -0.25) is 0 Å². The Kier molecular flexibility index (Phi) is 3.54. The van der Waals surface area contributed by atoms with Crippen LogP contribution >= 0.6 is 0 Å². The van der Waals surface area contributed by atoms with Crippen molar-refractivity contribution in [2.24, 2.45) is 5.92 Å². The molecule has 0 aromatic heterocycles. The molecule has 1 nitrogen and oxygen atoms in total. The molecule has 1 aliphatic rings. The molecule has 1 aliphatic carbocycles. The van der Waals surface area contributed by atoms with Gasteiger partial charge in [0.15, 0.2) is 0 Å². The first-order valence-corrected chi connectivity index (χ1v) is 5.92. The van der Waals surface area contributed by atoms with Crippen LogP contribution in [0.2, 0.25) is 0 Å². The molecular weight excluding hydrogens is 184 g/mol. The van der Waals surface area contributed by atoms with E-state index in [1.165, 1.54) is 37.5 Å². The second kappa shape index (κ2) is 5.11. The average Bonchev–Trinajstić information content (AvgIpc) is 2.55. The van der Waals surface area contributed by atoms with Crippen molar-refractivity contribution in [2.75, 3.05) is 0 Å². The van der Waals surface area contributed by atoms with E-state index in [0.717, 1.165) is 6.42 Å². The fourth-order valence-corrected chi connectivity index (χ4v) is 2.61. The van der Waals surface area contributed by atoms with Gasteiger partial charge in [0, 0.05) is 5.92 Å². The molecule has 1 saturated carbocycles. The van der Waals surface area contributed by atoms with E-state index in [-0.39, 0.29) is 5.92 Å². The summed E-state index contributed by atoms with van der Waals surface area (Å²) in [6.07, 6.45) is 7.18. The lowest BCUT2D eigenvalue weighted by Crippen LogP contribution is -2.12. The standard InChI is InChI=1S/C14H18O/c15-11-13-9-5-2-6-10-14(13)12-7-3-1-4-8-12/h1,3-4,7-8,11,13-14H,2,5-6,9-10H2. The highest BCUT2D eigenvalue weighted by molar-refractivity contribution is 5.56. The zero-order valence-corrected chi connectivity index (χ0v) is 9.06. The molecular formula is C14H18O.